The van der Waals surface area contributed by atoms with Crippen molar-refractivity contribution < 1.29 is 13.9 Å². The van der Waals surface area contributed by atoms with E-state index in [4.69, 9.17) is 37.6 Å². The van der Waals surface area contributed by atoms with Gasteiger partial charge in [-0.15, -0.1) is 0 Å². The van der Waals surface area contributed by atoms with Gasteiger partial charge in [-0.1, -0.05) is 37.0 Å². The van der Waals surface area contributed by atoms with Gasteiger partial charge in [0.05, 0.1) is 16.7 Å². The maximum Gasteiger partial charge on any atom is 0.349 e. The van der Waals surface area contributed by atoms with Gasteiger partial charge < -0.3 is 9.15 Å². The molecule has 25 heavy (non-hydrogen) atoms. The van der Waals surface area contributed by atoms with Crippen LogP contribution in [0.2, 0.25) is 10.0 Å². The van der Waals surface area contributed by atoms with Gasteiger partial charge >= 0.3 is 5.97 Å². The summed E-state index contributed by atoms with van der Waals surface area (Å²) in [6.45, 7) is 4.34. The summed E-state index contributed by atoms with van der Waals surface area (Å²) in [6, 6.07) is 10.4. The molecule has 0 fully saturated rings. The lowest BCUT2D eigenvalue weighted by Gasteiger charge is -2.05. The fourth-order valence-electron chi connectivity index (χ4n) is 1.98. The highest BCUT2D eigenvalue weighted by atomic mass is 35.5. The number of hydrogen-bond acceptors (Lipinski definition) is 4. The molecule has 130 valence electrons. The Balaban J connectivity index is 2.14. The minimum Gasteiger partial charge on any atom is -0.462 e. The first-order chi connectivity index (χ1) is 11.9. The molecule has 0 atom stereocenters. The second kappa shape index (κ2) is 8.75. The van der Waals surface area contributed by atoms with Gasteiger partial charge in [0.15, 0.2) is 0 Å². The zero-order valence-corrected chi connectivity index (χ0v) is 15.4. The fraction of sp³-hybridized carbons (Fsp3) is 0.263. The van der Waals surface area contributed by atoms with Crippen LogP contribution in [-0.4, -0.2) is 12.6 Å². The van der Waals surface area contributed by atoms with Gasteiger partial charge in [0.25, 0.3) is 0 Å². The number of hydrogen-bond donors (Lipinski definition) is 0. The van der Waals surface area contributed by atoms with Crippen LogP contribution < -0.4 is 0 Å². The maximum atomic E-state index is 11.9. The van der Waals surface area contributed by atoms with E-state index in [1.807, 2.05) is 19.9 Å². The molecule has 0 saturated carbocycles. The first-order valence-corrected chi connectivity index (χ1v) is 8.50. The third-order valence-corrected chi connectivity index (χ3v) is 4.13. The summed E-state index contributed by atoms with van der Waals surface area (Å²) in [5.41, 5.74) is 0.630. The van der Waals surface area contributed by atoms with Crippen LogP contribution in [0.25, 0.3) is 17.4 Å². The normalized spacial score (nSPS) is 11.4. The van der Waals surface area contributed by atoms with E-state index in [1.54, 1.807) is 30.3 Å². The number of esters is 1. The minimum atomic E-state index is -0.657. The van der Waals surface area contributed by atoms with Crippen LogP contribution in [0.15, 0.2) is 40.3 Å². The maximum absolute atomic E-state index is 11.9. The van der Waals surface area contributed by atoms with Crippen LogP contribution >= 0.6 is 23.2 Å². The van der Waals surface area contributed by atoms with Crippen molar-refractivity contribution >= 4 is 35.2 Å². The van der Waals surface area contributed by atoms with E-state index >= 15 is 0 Å². The minimum absolute atomic E-state index is 0.112. The molecule has 6 heteroatoms. The number of benzene rings is 1. The number of nitrogens with zero attached hydrogens (tertiary/aromatic N) is 1. The molecule has 2 rings (SSSR count). The van der Waals surface area contributed by atoms with Crippen molar-refractivity contribution in [3.05, 3.63) is 51.7 Å². The summed E-state index contributed by atoms with van der Waals surface area (Å²) < 4.78 is 10.7. The van der Waals surface area contributed by atoms with E-state index < -0.39 is 5.97 Å². The monoisotopic (exact) mass is 377 g/mol. The summed E-state index contributed by atoms with van der Waals surface area (Å²) in [7, 11) is 0. The molecule has 4 nitrogen and oxygen atoms in total. The Morgan fingerprint density at radius 2 is 2.04 bits per heavy atom. The van der Waals surface area contributed by atoms with Gasteiger partial charge in [-0.25, -0.2) is 4.79 Å². The fourth-order valence-corrected chi connectivity index (χ4v) is 2.28. The van der Waals surface area contributed by atoms with Crippen molar-refractivity contribution in [1.82, 2.24) is 0 Å². The molecule has 0 aliphatic carbocycles. The molecule has 1 heterocycles. The molecule has 2 aromatic rings. The van der Waals surface area contributed by atoms with E-state index in [-0.39, 0.29) is 12.2 Å². The van der Waals surface area contributed by atoms with Gasteiger partial charge in [-0.3, -0.25) is 0 Å². The van der Waals surface area contributed by atoms with Crippen LogP contribution in [0.4, 0.5) is 0 Å². The van der Waals surface area contributed by atoms with Gasteiger partial charge in [0.2, 0.25) is 0 Å². The Bertz CT molecular complexity index is 831. The van der Waals surface area contributed by atoms with Gasteiger partial charge in [-0.2, -0.15) is 5.26 Å². The summed E-state index contributed by atoms with van der Waals surface area (Å²) in [4.78, 5) is 11.9. The molecule has 1 aromatic carbocycles. The molecule has 0 amide bonds. The number of halogens is 2. The zero-order chi connectivity index (χ0) is 18.4. The summed E-state index contributed by atoms with van der Waals surface area (Å²) >= 11 is 11.9. The van der Waals surface area contributed by atoms with Crippen LogP contribution in [0.3, 0.4) is 0 Å². The number of ether oxygens (including phenoxy) is 1. The standard InChI is InChI=1S/C19H17Cl2NO3/c1-12(2)7-8-24-19(23)14(11-22)9-15-4-6-18(25-15)13-3-5-16(20)17(21)10-13/h3-6,9-10,12H,7-8H2,1-2H3. The average Bonchev–Trinajstić information content (AvgIpc) is 3.03. The molecule has 0 aliphatic rings. The number of carbonyl (C=O) groups is 1. The predicted octanol–water partition coefficient (Wildman–Crippen LogP) is 5.75. The largest absolute Gasteiger partial charge is 0.462 e. The molecule has 0 N–H and O–H groups in total. The van der Waals surface area contributed by atoms with Crippen molar-refractivity contribution in [2.45, 2.75) is 20.3 Å². The van der Waals surface area contributed by atoms with E-state index in [1.165, 1.54) is 6.08 Å². The lowest BCUT2D eigenvalue weighted by atomic mass is 10.1. The topological polar surface area (TPSA) is 63.2 Å². The van der Waals surface area contributed by atoms with Gasteiger partial charge in [0, 0.05) is 11.6 Å². The Morgan fingerprint density at radius 3 is 2.68 bits per heavy atom. The summed E-state index contributed by atoms with van der Waals surface area (Å²) in [5.74, 6) is 0.686. The molecule has 0 spiro atoms. The molecule has 0 unspecified atom stereocenters. The van der Waals surface area contributed by atoms with Crippen molar-refractivity contribution in [3.63, 3.8) is 0 Å². The molecule has 1 aromatic heterocycles. The van der Waals surface area contributed by atoms with E-state index in [9.17, 15) is 4.79 Å². The van der Waals surface area contributed by atoms with Crippen molar-refractivity contribution in [2.24, 2.45) is 5.92 Å². The molecule has 0 saturated heterocycles. The summed E-state index contributed by atoms with van der Waals surface area (Å²) in [5, 5.41) is 10.0. The predicted molar refractivity (Wildman–Crippen MR) is 98.2 cm³/mol. The van der Waals surface area contributed by atoms with Crippen LogP contribution in [-0.2, 0) is 9.53 Å². The molecule has 0 aliphatic heterocycles. The lowest BCUT2D eigenvalue weighted by Crippen LogP contribution is -2.09. The van der Waals surface area contributed by atoms with Gasteiger partial charge in [-0.05, 0) is 42.7 Å². The SMILES string of the molecule is CC(C)CCOC(=O)C(C#N)=Cc1ccc(-c2ccc(Cl)c(Cl)c2)o1. The Labute approximate surface area is 156 Å². The summed E-state index contributed by atoms with van der Waals surface area (Å²) in [6.07, 6.45) is 2.10. The highest BCUT2D eigenvalue weighted by Gasteiger charge is 2.13. The molecule has 0 radical (unpaired) electrons. The molecular weight excluding hydrogens is 361 g/mol. The van der Waals surface area contributed by atoms with Gasteiger partial charge in [0.1, 0.15) is 23.2 Å². The van der Waals surface area contributed by atoms with Crippen LogP contribution in [0.5, 0.6) is 0 Å². The highest BCUT2D eigenvalue weighted by molar-refractivity contribution is 6.42. The Morgan fingerprint density at radius 1 is 1.28 bits per heavy atom. The highest BCUT2D eigenvalue weighted by Crippen LogP contribution is 2.30. The third-order valence-electron chi connectivity index (χ3n) is 3.39. The van der Waals surface area contributed by atoms with Crippen LogP contribution in [0, 0.1) is 17.2 Å². The van der Waals surface area contributed by atoms with Crippen molar-refractivity contribution in [2.75, 3.05) is 6.61 Å². The third kappa shape index (κ3) is 5.38. The molecular formula is C19H17Cl2NO3. The lowest BCUT2D eigenvalue weighted by molar-refractivity contribution is -0.138. The van der Waals surface area contributed by atoms with E-state index in [2.05, 4.69) is 0 Å². The molecule has 0 bridgehead atoms. The Hall–Kier alpha value is -2.22. The number of furan rings is 1. The van der Waals surface area contributed by atoms with Crippen LogP contribution in [0.1, 0.15) is 26.0 Å². The average molecular weight is 378 g/mol. The second-order valence-corrected chi connectivity index (χ2v) is 6.63. The number of carbonyl (C=O) groups excluding carboxylic acids is 1. The first-order valence-electron chi connectivity index (χ1n) is 7.75. The number of nitriles is 1. The van der Waals surface area contributed by atoms with E-state index in [0.717, 1.165) is 12.0 Å². The second-order valence-electron chi connectivity index (χ2n) is 5.82. The Kier molecular flexibility index (Phi) is 6.69. The number of rotatable bonds is 6. The first kappa shape index (κ1) is 19.1. The van der Waals surface area contributed by atoms with Crippen molar-refractivity contribution in [3.8, 4) is 17.4 Å². The van der Waals surface area contributed by atoms with E-state index in [0.29, 0.717) is 27.5 Å². The quantitative estimate of drug-likeness (QED) is 0.365. The van der Waals surface area contributed by atoms with Crippen molar-refractivity contribution in [1.29, 1.82) is 5.26 Å². The zero-order valence-electron chi connectivity index (χ0n) is 13.9. The smallest absolute Gasteiger partial charge is 0.349 e.